The van der Waals surface area contributed by atoms with Gasteiger partial charge in [-0.15, -0.1) is 0 Å². The summed E-state index contributed by atoms with van der Waals surface area (Å²) in [5.74, 6) is 0.559. The van der Waals surface area contributed by atoms with E-state index in [0.717, 1.165) is 6.29 Å². The summed E-state index contributed by atoms with van der Waals surface area (Å²) in [6.45, 7) is 5.14. The Bertz CT molecular complexity index is 422. The van der Waals surface area contributed by atoms with E-state index in [2.05, 4.69) is 0 Å². The second kappa shape index (κ2) is 5.17. The van der Waals surface area contributed by atoms with Crippen LogP contribution in [0.2, 0.25) is 0 Å². The summed E-state index contributed by atoms with van der Waals surface area (Å²) in [6.07, 6.45) is 0.776. The first-order valence-electron chi connectivity index (χ1n) is 5.56. The molecule has 1 heterocycles. The van der Waals surface area contributed by atoms with Crippen molar-refractivity contribution in [2.45, 2.75) is 13.8 Å². The molecule has 1 aromatic carbocycles. The Morgan fingerprint density at radius 1 is 1.28 bits per heavy atom. The van der Waals surface area contributed by atoms with E-state index in [1.54, 1.807) is 24.3 Å². The highest BCUT2D eigenvalue weighted by Crippen LogP contribution is 2.63. The van der Waals surface area contributed by atoms with Crippen molar-refractivity contribution >= 4 is 25.7 Å². The van der Waals surface area contributed by atoms with Gasteiger partial charge in [0, 0.05) is 11.0 Å². The first-order valence-corrected chi connectivity index (χ1v) is 8.12. The molecule has 1 aromatic rings. The summed E-state index contributed by atoms with van der Waals surface area (Å²) in [4.78, 5) is 10.5. The molecule has 0 spiro atoms. The fourth-order valence-electron chi connectivity index (χ4n) is 1.38. The lowest BCUT2D eigenvalue weighted by Gasteiger charge is -2.37. The van der Waals surface area contributed by atoms with Gasteiger partial charge in [0.1, 0.15) is 19.5 Å². The van der Waals surface area contributed by atoms with Gasteiger partial charge in [0.15, 0.2) is 5.75 Å². The van der Waals surface area contributed by atoms with Crippen LogP contribution in [0.5, 0.6) is 5.75 Å². The predicted molar refractivity (Wildman–Crippen MR) is 72.4 cm³/mol. The Morgan fingerprint density at radius 3 is 2.33 bits per heavy atom. The molecule has 1 aliphatic heterocycles. The van der Waals surface area contributed by atoms with Crippen molar-refractivity contribution in [3.05, 3.63) is 29.8 Å². The lowest BCUT2D eigenvalue weighted by Crippen LogP contribution is -2.32. The van der Waals surface area contributed by atoms with Crippen LogP contribution in [-0.2, 0) is 21.3 Å². The molecular formula is C12H15O4PS. The van der Waals surface area contributed by atoms with E-state index in [1.165, 1.54) is 0 Å². The molecule has 0 amide bonds. The summed E-state index contributed by atoms with van der Waals surface area (Å²) < 4.78 is 16.7. The van der Waals surface area contributed by atoms with E-state index >= 15 is 0 Å². The molecular weight excluding hydrogens is 271 g/mol. The van der Waals surface area contributed by atoms with Crippen LogP contribution in [0.1, 0.15) is 24.2 Å². The number of hydrogen-bond acceptors (Lipinski definition) is 5. The van der Waals surface area contributed by atoms with Gasteiger partial charge in [0.05, 0.1) is 0 Å². The molecule has 0 unspecified atom stereocenters. The average Bonchev–Trinajstić information content (AvgIpc) is 2.35. The van der Waals surface area contributed by atoms with Crippen molar-refractivity contribution < 1.29 is 18.4 Å². The van der Waals surface area contributed by atoms with Crippen molar-refractivity contribution in [3.63, 3.8) is 0 Å². The first kappa shape index (κ1) is 13.8. The van der Waals surface area contributed by atoms with Crippen molar-refractivity contribution in [3.8, 4) is 5.75 Å². The Kier molecular flexibility index (Phi) is 3.97. The smallest absolute Gasteiger partial charge is 0.334 e. The molecule has 6 heteroatoms. The highest BCUT2D eigenvalue weighted by atomic mass is 32.7. The van der Waals surface area contributed by atoms with Gasteiger partial charge in [0.2, 0.25) is 0 Å². The van der Waals surface area contributed by atoms with E-state index in [9.17, 15) is 4.79 Å². The third kappa shape index (κ3) is 3.45. The monoisotopic (exact) mass is 286 g/mol. The molecule has 1 saturated heterocycles. The molecule has 0 radical (unpaired) electrons. The average molecular weight is 286 g/mol. The molecule has 98 valence electrons. The van der Waals surface area contributed by atoms with Gasteiger partial charge < -0.3 is 16.8 Å². The zero-order valence-electron chi connectivity index (χ0n) is 10.3. The summed E-state index contributed by atoms with van der Waals surface area (Å²) in [5, 5.41) is 0. The molecule has 4 nitrogen and oxygen atoms in total. The van der Waals surface area contributed by atoms with Crippen LogP contribution in [0.25, 0.3) is 0 Å². The van der Waals surface area contributed by atoms with Gasteiger partial charge in [-0.2, -0.15) is 9.05 Å². The minimum absolute atomic E-state index is 0.0347. The fourth-order valence-corrected chi connectivity index (χ4v) is 3.53. The van der Waals surface area contributed by atoms with Crippen molar-refractivity contribution in [2.75, 3.05) is 13.2 Å². The number of rotatable bonds is 3. The van der Waals surface area contributed by atoms with Crippen LogP contribution < -0.4 is 4.52 Å². The maximum absolute atomic E-state index is 10.5. The molecule has 2 rings (SSSR count). The molecule has 18 heavy (non-hydrogen) atoms. The third-order valence-electron chi connectivity index (χ3n) is 2.46. The number of carbonyl (C=O) groups is 1. The largest absolute Gasteiger partial charge is 0.449 e. The summed E-state index contributed by atoms with van der Waals surface area (Å²) in [6, 6.07) is 6.70. The maximum atomic E-state index is 10.5. The standard InChI is InChI=1S/C12H15O4PS/c1-12(2)8-14-17(18,15-9-12)16-11-5-3-10(7-13)4-6-11/h3-7H,8-9H2,1-2H3. The highest BCUT2D eigenvalue weighted by Gasteiger charge is 2.41. The Hall–Kier alpha value is -0.610. The second-order valence-electron chi connectivity index (χ2n) is 4.94. The normalized spacial score (nSPS) is 21.3. The van der Waals surface area contributed by atoms with Crippen molar-refractivity contribution in [1.82, 2.24) is 0 Å². The van der Waals surface area contributed by atoms with Gasteiger partial charge in [0.25, 0.3) is 0 Å². The van der Waals surface area contributed by atoms with Crippen molar-refractivity contribution in [2.24, 2.45) is 5.41 Å². The lowest BCUT2D eigenvalue weighted by molar-refractivity contribution is 0.0387. The minimum Gasteiger partial charge on any atom is -0.449 e. The van der Waals surface area contributed by atoms with E-state index in [-0.39, 0.29) is 5.41 Å². The van der Waals surface area contributed by atoms with E-state index in [1.807, 2.05) is 13.8 Å². The number of benzene rings is 1. The fraction of sp³-hybridized carbons (Fsp3) is 0.417. The van der Waals surface area contributed by atoms with Crippen LogP contribution in [0.4, 0.5) is 0 Å². The molecule has 1 aliphatic rings. The Morgan fingerprint density at radius 2 is 1.83 bits per heavy atom. The quantitative estimate of drug-likeness (QED) is 0.485. The molecule has 0 atom stereocenters. The molecule has 0 aromatic heterocycles. The topological polar surface area (TPSA) is 44.8 Å². The van der Waals surface area contributed by atoms with Gasteiger partial charge in [-0.25, -0.2) is 0 Å². The second-order valence-corrected chi connectivity index (χ2v) is 7.87. The lowest BCUT2D eigenvalue weighted by atomic mass is 9.97. The third-order valence-corrected chi connectivity index (χ3v) is 4.64. The highest BCUT2D eigenvalue weighted by molar-refractivity contribution is 8.36. The van der Waals surface area contributed by atoms with Crippen LogP contribution in [-0.4, -0.2) is 19.5 Å². The SMILES string of the molecule is CC1(C)CO[P+]([S-])(Oc2ccc(C=O)cc2)OC1. The van der Waals surface area contributed by atoms with Crippen LogP contribution in [0.3, 0.4) is 0 Å². The van der Waals surface area contributed by atoms with Gasteiger partial charge in [-0.1, -0.05) is 13.8 Å². The summed E-state index contributed by atoms with van der Waals surface area (Å²) in [7, 11) is -2.69. The number of carbonyl (C=O) groups excluding carboxylic acids is 1. The van der Waals surface area contributed by atoms with Gasteiger partial charge in [-0.3, -0.25) is 4.79 Å². The van der Waals surface area contributed by atoms with Crippen LogP contribution >= 0.6 is 7.15 Å². The summed E-state index contributed by atoms with van der Waals surface area (Å²) >= 11 is 5.27. The van der Waals surface area contributed by atoms with E-state index in [0.29, 0.717) is 24.5 Å². The van der Waals surface area contributed by atoms with Gasteiger partial charge in [-0.05, 0) is 24.3 Å². The summed E-state index contributed by atoms with van der Waals surface area (Å²) in [5.41, 5.74) is 0.554. The van der Waals surface area contributed by atoms with Gasteiger partial charge >= 0.3 is 7.15 Å². The predicted octanol–water partition coefficient (Wildman–Crippen LogP) is 3.18. The number of aldehydes is 1. The molecule has 0 bridgehead atoms. The Labute approximate surface area is 112 Å². The zero-order valence-corrected chi connectivity index (χ0v) is 12.0. The first-order chi connectivity index (χ1) is 8.42. The number of hydrogen-bond donors (Lipinski definition) is 0. The molecule has 1 fully saturated rings. The molecule has 0 N–H and O–H groups in total. The zero-order chi connectivity index (χ0) is 13.2. The van der Waals surface area contributed by atoms with Crippen LogP contribution in [0.15, 0.2) is 24.3 Å². The van der Waals surface area contributed by atoms with E-state index in [4.69, 9.17) is 25.8 Å². The van der Waals surface area contributed by atoms with Crippen LogP contribution in [0, 0.1) is 5.41 Å². The maximum Gasteiger partial charge on any atom is 0.334 e. The van der Waals surface area contributed by atoms with E-state index < -0.39 is 7.15 Å². The molecule has 0 saturated carbocycles. The molecule has 0 aliphatic carbocycles. The van der Waals surface area contributed by atoms with Crippen molar-refractivity contribution in [1.29, 1.82) is 0 Å². The Balaban J connectivity index is 2.02. The minimum atomic E-state index is -2.69.